The fraction of sp³-hybridized carbons (Fsp3) is 0.154. The van der Waals surface area contributed by atoms with E-state index < -0.39 is 47.3 Å². The molecule has 8 heteroatoms. The van der Waals surface area contributed by atoms with Gasteiger partial charge in [-0.05, 0) is 47.5 Å². The van der Waals surface area contributed by atoms with Crippen LogP contribution >= 0.6 is 11.6 Å². The highest BCUT2D eigenvalue weighted by molar-refractivity contribution is 6.36. The molecule has 168 valence electrons. The number of Topliss-reactive ketones (excluding diaryl/α,β-unsaturated/α-hetero) is 1. The smallest absolute Gasteiger partial charge is 0.240 e. The van der Waals surface area contributed by atoms with Gasteiger partial charge in [-0.3, -0.25) is 19.4 Å². The number of hydrogen-bond donors (Lipinski definition) is 0. The van der Waals surface area contributed by atoms with Crippen molar-refractivity contribution in [2.75, 3.05) is 4.90 Å². The third-order valence-electron chi connectivity index (χ3n) is 6.78. The van der Waals surface area contributed by atoms with E-state index in [1.807, 2.05) is 24.3 Å². The summed E-state index contributed by atoms with van der Waals surface area (Å²) in [6.45, 7) is 0. The van der Waals surface area contributed by atoms with Crippen LogP contribution in [0.15, 0.2) is 77.9 Å². The number of hydrazone groups is 1. The first-order valence-corrected chi connectivity index (χ1v) is 11.2. The summed E-state index contributed by atoms with van der Waals surface area (Å²) in [5.41, 5.74) is 2.19. The monoisotopic (exact) mass is 473 g/mol. The first-order valence-electron chi connectivity index (χ1n) is 10.8. The second-order valence-electron chi connectivity index (χ2n) is 8.53. The number of imide groups is 1. The topological polar surface area (TPSA) is 70.0 Å². The highest BCUT2D eigenvalue weighted by atomic mass is 35.5. The number of benzene rings is 3. The molecular formula is C26H17ClFN3O3. The van der Waals surface area contributed by atoms with Crippen LogP contribution in [0.2, 0.25) is 5.02 Å². The summed E-state index contributed by atoms with van der Waals surface area (Å²) in [5.74, 6) is -3.56. The molecule has 2 fully saturated rings. The molecule has 3 aliphatic rings. The molecule has 6 nitrogen and oxygen atoms in total. The highest BCUT2D eigenvalue weighted by Crippen LogP contribution is 2.53. The third-order valence-corrected chi connectivity index (χ3v) is 7.10. The quantitative estimate of drug-likeness (QED) is 0.421. The normalized spacial score (nSPS) is 24.8. The Kier molecular flexibility index (Phi) is 4.64. The molecule has 0 saturated carbocycles. The minimum atomic E-state index is -1.02. The second-order valence-corrected chi connectivity index (χ2v) is 8.94. The molecule has 34 heavy (non-hydrogen) atoms. The molecule has 4 atom stereocenters. The molecule has 0 radical (unpaired) electrons. The maximum absolute atomic E-state index is 13.8. The van der Waals surface area contributed by atoms with E-state index in [1.165, 1.54) is 24.3 Å². The molecule has 0 unspecified atom stereocenters. The van der Waals surface area contributed by atoms with Gasteiger partial charge in [-0.2, -0.15) is 5.10 Å². The number of rotatable bonds is 3. The summed E-state index contributed by atoms with van der Waals surface area (Å²) in [6, 6.07) is 17.7. The van der Waals surface area contributed by atoms with E-state index in [0.29, 0.717) is 5.69 Å². The average molecular weight is 474 g/mol. The van der Waals surface area contributed by atoms with E-state index in [-0.39, 0.29) is 10.6 Å². The maximum Gasteiger partial charge on any atom is 0.240 e. The maximum atomic E-state index is 13.8. The van der Waals surface area contributed by atoms with Gasteiger partial charge in [0, 0.05) is 5.56 Å². The lowest BCUT2D eigenvalue weighted by Crippen LogP contribution is -2.44. The van der Waals surface area contributed by atoms with Crippen LogP contribution in [0.25, 0.3) is 0 Å². The van der Waals surface area contributed by atoms with Crippen molar-refractivity contribution in [3.8, 4) is 0 Å². The van der Waals surface area contributed by atoms with Crippen LogP contribution in [-0.4, -0.2) is 34.9 Å². The van der Waals surface area contributed by atoms with Crippen LogP contribution < -0.4 is 4.90 Å². The molecule has 0 spiro atoms. The second kappa shape index (κ2) is 7.60. The standard InChI is InChI=1S/C26H17ClFN3O3/c27-18-7-3-4-8-19(18)30-25(33)20-21(26(30)34)23(24(32)14-9-11-16(28)12-10-14)31-22(20)17-6-2-1-5-15(17)13-29-31/h1-13,20-23H/t20-,21-,22-,23+/m0/s1. The minimum Gasteiger partial charge on any atom is -0.292 e. The first-order chi connectivity index (χ1) is 16.5. The molecule has 0 aromatic heterocycles. The number of amides is 2. The summed E-state index contributed by atoms with van der Waals surface area (Å²) >= 11 is 6.34. The predicted octanol–water partition coefficient (Wildman–Crippen LogP) is 4.24. The van der Waals surface area contributed by atoms with Gasteiger partial charge in [0.05, 0.1) is 34.8 Å². The van der Waals surface area contributed by atoms with Gasteiger partial charge in [-0.1, -0.05) is 48.0 Å². The van der Waals surface area contributed by atoms with Gasteiger partial charge in [0.1, 0.15) is 11.9 Å². The van der Waals surface area contributed by atoms with Crippen molar-refractivity contribution in [3.05, 3.63) is 100 Å². The molecule has 0 aliphatic carbocycles. The van der Waals surface area contributed by atoms with Gasteiger partial charge in [0.25, 0.3) is 0 Å². The molecule has 3 aliphatic heterocycles. The number of carbonyl (C=O) groups excluding carboxylic acids is 3. The van der Waals surface area contributed by atoms with Gasteiger partial charge in [-0.15, -0.1) is 0 Å². The van der Waals surface area contributed by atoms with E-state index in [9.17, 15) is 18.8 Å². The Bertz CT molecular complexity index is 1390. The van der Waals surface area contributed by atoms with Crippen molar-refractivity contribution in [1.29, 1.82) is 0 Å². The summed E-state index contributed by atoms with van der Waals surface area (Å²) in [4.78, 5) is 42.3. The minimum absolute atomic E-state index is 0.247. The Balaban J connectivity index is 1.51. The molecule has 2 amide bonds. The summed E-state index contributed by atoms with van der Waals surface area (Å²) in [7, 11) is 0. The largest absolute Gasteiger partial charge is 0.292 e. The summed E-state index contributed by atoms with van der Waals surface area (Å²) in [6.07, 6.45) is 1.64. The number of para-hydroxylation sites is 1. The Morgan fingerprint density at radius 1 is 0.882 bits per heavy atom. The average Bonchev–Trinajstić information content (AvgIpc) is 3.32. The van der Waals surface area contributed by atoms with Crippen molar-refractivity contribution >= 4 is 41.1 Å². The van der Waals surface area contributed by atoms with E-state index in [2.05, 4.69) is 5.10 Å². The van der Waals surface area contributed by atoms with Crippen molar-refractivity contribution < 1.29 is 18.8 Å². The van der Waals surface area contributed by atoms with Gasteiger partial charge in [0.15, 0.2) is 5.78 Å². The Hall–Kier alpha value is -3.84. The third kappa shape index (κ3) is 2.86. The number of nitrogens with zero attached hydrogens (tertiary/aromatic N) is 3. The summed E-state index contributed by atoms with van der Waals surface area (Å²) < 4.78 is 13.5. The van der Waals surface area contributed by atoms with E-state index in [4.69, 9.17) is 11.6 Å². The fourth-order valence-corrected chi connectivity index (χ4v) is 5.54. The van der Waals surface area contributed by atoms with Crippen molar-refractivity contribution in [3.63, 3.8) is 0 Å². The van der Waals surface area contributed by atoms with Gasteiger partial charge in [-0.25, -0.2) is 9.29 Å². The van der Waals surface area contributed by atoms with Gasteiger partial charge < -0.3 is 0 Å². The molecule has 0 N–H and O–H groups in total. The number of hydrogen-bond acceptors (Lipinski definition) is 5. The molecule has 3 aromatic carbocycles. The van der Waals surface area contributed by atoms with Crippen LogP contribution in [0, 0.1) is 17.7 Å². The number of halogens is 2. The summed E-state index contributed by atoms with van der Waals surface area (Å²) in [5, 5.41) is 6.35. The van der Waals surface area contributed by atoms with E-state index in [1.54, 1.807) is 35.5 Å². The van der Waals surface area contributed by atoms with E-state index >= 15 is 0 Å². The lowest BCUT2D eigenvalue weighted by Gasteiger charge is -2.33. The van der Waals surface area contributed by atoms with Gasteiger partial charge >= 0.3 is 0 Å². The predicted molar refractivity (Wildman–Crippen MR) is 124 cm³/mol. The van der Waals surface area contributed by atoms with Gasteiger partial charge in [0.2, 0.25) is 11.8 Å². The first kappa shape index (κ1) is 20.7. The lowest BCUT2D eigenvalue weighted by molar-refractivity contribution is -0.124. The number of anilines is 1. The highest BCUT2D eigenvalue weighted by Gasteiger charge is 2.65. The Morgan fingerprint density at radius 2 is 1.56 bits per heavy atom. The van der Waals surface area contributed by atoms with E-state index in [0.717, 1.165) is 16.0 Å². The molecule has 0 bridgehead atoms. The van der Waals surface area contributed by atoms with Crippen LogP contribution in [-0.2, 0) is 9.59 Å². The fourth-order valence-electron chi connectivity index (χ4n) is 5.32. The van der Waals surface area contributed by atoms with Crippen molar-refractivity contribution in [1.82, 2.24) is 5.01 Å². The Labute approximate surface area is 199 Å². The number of ketones is 1. The lowest BCUT2D eigenvalue weighted by atomic mass is 9.83. The molecule has 3 heterocycles. The van der Waals surface area contributed by atoms with Crippen LogP contribution in [0.5, 0.6) is 0 Å². The zero-order chi connectivity index (χ0) is 23.6. The van der Waals surface area contributed by atoms with Crippen LogP contribution in [0.3, 0.4) is 0 Å². The molecule has 3 aromatic rings. The zero-order valence-electron chi connectivity index (χ0n) is 17.6. The molecule has 2 saturated heterocycles. The number of fused-ring (bicyclic) bond motifs is 5. The van der Waals surface area contributed by atoms with Crippen molar-refractivity contribution in [2.45, 2.75) is 12.1 Å². The molecular weight excluding hydrogens is 457 g/mol. The zero-order valence-corrected chi connectivity index (χ0v) is 18.4. The number of carbonyl (C=O) groups is 3. The van der Waals surface area contributed by atoms with Crippen LogP contribution in [0.4, 0.5) is 10.1 Å². The SMILES string of the molecule is O=C(c1ccc(F)cc1)[C@H]1[C@H]2C(=O)N(c3ccccc3Cl)C(=O)[C@@H]2[C@@H]2c3ccccc3C=NN12. The van der Waals surface area contributed by atoms with Crippen LogP contribution in [0.1, 0.15) is 27.5 Å². The van der Waals surface area contributed by atoms with Crippen molar-refractivity contribution in [2.24, 2.45) is 16.9 Å². The Morgan fingerprint density at radius 3 is 2.32 bits per heavy atom. The molecule has 6 rings (SSSR count).